The molecule has 0 spiro atoms. The summed E-state index contributed by atoms with van der Waals surface area (Å²) in [5.74, 6) is -1.80. The summed E-state index contributed by atoms with van der Waals surface area (Å²) in [5, 5.41) is 1.62. The Bertz CT molecular complexity index is 734. The van der Waals surface area contributed by atoms with Crippen LogP contribution < -0.4 is 5.32 Å². The smallest absolute Gasteiger partial charge is 0.405 e. The Morgan fingerprint density at radius 2 is 2.08 bits per heavy atom. The number of para-hydroxylation sites is 2. The molecule has 0 aliphatic heterocycles. The molecule has 24 heavy (non-hydrogen) atoms. The molecule has 0 aliphatic rings. The zero-order chi connectivity index (χ0) is 17.7. The van der Waals surface area contributed by atoms with Crippen molar-refractivity contribution < 1.29 is 31.9 Å². The van der Waals surface area contributed by atoms with E-state index in [1.807, 2.05) is 0 Å². The van der Waals surface area contributed by atoms with Gasteiger partial charge in [0.25, 0.3) is 5.91 Å². The van der Waals surface area contributed by atoms with Gasteiger partial charge in [0.15, 0.2) is 11.7 Å². The first kappa shape index (κ1) is 17.5. The van der Waals surface area contributed by atoms with Crippen molar-refractivity contribution in [3.8, 4) is 0 Å². The second-order valence-electron chi connectivity index (χ2n) is 4.77. The van der Waals surface area contributed by atoms with Gasteiger partial charge >= 0.3 is 12.1 Å². The van der Waals surface area contributed by atoms with Gasteiger partial charge in [0.05, 0.1) is 0 Å². The van der Waals surface area contributed by atoms with E-state index in [1.165, 1.54) is 6.08 Å². The molecule has 128 valence electrons. The minimum atomic E-state index is -4.54. The summed E-state index contributed by atoms with van der Waals surface area (Å²) < 4.78 is 46.0. The fourth-order valence-corrected chi connectivity index (χ4v) is 1.70. The van der Waals surface area contributed by atoms with Crippen LogP contribution >= 0.6 is 0 Å². The fraction of sp³-hybridized carbons (Fsp3) is 0.267. The number of ether oxygens (including phenoxy) is 1. The van der Waals surface area contributed by atoms with Gasteiger partial charge in [-0.3, -0.25) is 4.79 Å². The molecule has 1 aromatic heterocycles. The average molecular weight is 342 g/mol. The molecule has 0 saturated carbocycles. The van der Waals surface area contributed by atoms with Crippen LogP contribution in [0.5, 0.6) is 0 Å². The number of benzene rings is 1. The number of nitrogens with one attached hydrogen (secondary N) is 1. The molecule has 2 rings (SSSR count). The van der Waals surface area contributed by atoms with Crippen molar-refractivity contribution >= 4 is 29.1 Å². The Balaban J connectivity index is 1.88. The van der Waals surface area contributed by atoms with Gasteiger partial charge in [0.1, 0.15) is 12.1 Å². The maximum atomic E-state index is 12.0. The van der Waals surface area contributed by atoms with Gasteiger partial charge in [-0.25, -0.2) is 9.78 Å². The van der Waals surface area contributed by atoms with Crippen LogP contribution in [-0.4, -0.2) is 35.7 Å². The molecule has 1 heterocycles. The third-order valence-corrected chi connectivity index (χ3v) is 2.80. The Labute approximate surface area is 134 Å². The number of halogens is 3. The van der Waals surface area contributed by atoms with E-state index >= 15 is 0 Å². The first-order valence-electron chi connectivity index (χ1n) is 6.83. The van der Waals surface area contributed by atoms with Crippen molar-refractivity contribution in [2.45, 2.75) is 19.2 Å². The van der Waals surface area contributed by atoms with Crippen molar-refractivity contribution in [3.05, 3.63) is 36.2 Å². The highest BCUT2D eigenvalue weighted by Crippen LogP contribution is 2.15. The standard InChI is InChI=1S/C15H13F3N2O4/c1-9(14(22)19-8-15(16,17)18)23-13(21)7-6-12-20-10-4-2-3-5-11(10)24-12/h2-7,9H,8H2,1H3,(H,19,22)/b7-6+/t9-/m1/s1. The average Bonchev–Trinajstić information content (AvgIpc) is 2.92. The van der Waals surface area contributed by atoms with E-state index < -0.39 is 30.7 Å². The van der Waals surface area contributed by atoms with Crippen LogP contribution in [0.3, 0.4) is 0 Å². The van der Waals surface area contributed by atoms with E-state index in [2.05, 4.69) is 4.98 Å². The number of amides is 1. The highest BCUT2D eigenvalue weighted by atomic mass is 19.4. The zero-order valence-corrected chi connectivity index (χ0v) is 12.5. The third-order valence-electron chi connectivity index (χ3n) is 2.80. The van der Waals surface area contributed by atoms with Crippen LogP contribution in [0.2, 0.25) is 0 Å². The summed E-state index contributed by atoms with van der Waals surface area (Å²) in [5.41, 5.74) is 1.14. The second-order valence-corrected chi connectivity index (χ2v) is 4.77. The fourth-order valence-electron chi connectivity index (χ4n) is 1.70. The van der Waals surface area contributed by atoms with Crippen molar-refractivity contribution in [1.82, 2.24) is 10.3 Å². The molecule has 0 aliphatic carbocycles. The van der Waals surface area contributed by atoms with Gasteiger partial charge in [-0.2, -0.15) is 13.2 Å². The monoisotopic (exact) mass is 342 g/mol. The van der Waals surface area contributed by atoms with E-state index in [0.29, 0.717) is 11.1 Å². The molecule has 0 fully saturated rings. The molecule has 1 amide bonds. The minimum Gasteiger partial charge on any atom is -0.449 e. The third kappa shape index (κ3) is 5.11. The summed E-state index contributed by atoms with van der Waals surface area (Å²) >= 11 is 0. The van der Waals surface area contributed by atoms with E-state index in [9.17, 15) is 22.8 Å². The summed E-state index contributed by atoms with van der Waals surface area (Å²) in [7, 11) is 0. The second kappa shape index (κ2) is 7.16. The first-order valence-corrected chi connectivity index (χ1v) is 6.83. The number of nitrogens with zero attached hydrogens (tertiary/aromatic N) is 1. The van der Waals surface area contributed by atoms with Gasteiger partial charge in [0, 0.05) is 12.2 Å². The highest BCUT2D eigenvalue weighted by Gasteiger charge is 2.29. The molecule has 0 saturated heterocycles. The van der Waals surface area contributed by atoms with Gasteiger partial charge in [-0.1, -0.05) is 12.1 Å². The number of rotatable bonds is 5. The SMILES string of the molecule is C[C@@H](OC(=O)/C=C/c1nc2ccccc2o1)C(=O)NCC(F)(F)F. The minimum absolute atomic E-state index is 0.155. The van der Waals surface area contributed by atoms with Crippen molar-refractivity contribution in [2.24, 2.45) is 0 Å². The van der Waals surface area contributed by atoms with Crippen LogP contribution in [0.1, 0.15) is 12.8 Å². The lowest BCUT2D eigenvalue weighted by atomic mass is 10.3. The predicted octanol–water partition coefficient (Wildman–Crippen LogP) is 2.45. The molecular formula is C15H13F3N2O4. The lowest BCUT2D eigenvalue weighted by Gasteiger charge is -2.13. The van der Waals surface area contributed by atoms with Gasteiger partial charge < -0.3 is 14.5 Å². The Kier molecular flexibility index (Phi) is 5.22. The number of aromatic nitrogens is 1. The maximum Gasteiger partial charge on any atom is 0.405 e. The quantitative estimate of drug-likeness (QED) is 0.667. The van der Waals surface area contributed by atoms with Crippen molar-refractivity contribution in [2.75, 3.05) is 6.54 Å². The number of carbonyl (C=O) groups is 2. The molecule has 0 bridgehead atoms. The largest absolute Gasteiger partial charge is 0.449 e. The van der Waals surface area contributed by atoms with Gasteiger partial charge in [0.2, 0.25) is 5.89 Å². The topological polar surface area (TPSA) is 81.4 Å². The number of oxazole rings is 1. The summed E-state index contributed by atoms with van der Waals surface area (Å²) in [6, 6.07) is 6.96. The van der Waals surface area contributed by atoms with Crippen molar-refractivity contribution in [3.63, 3.8) is 0 Å². The maximum absolute atomic E-state index is 12.0. The molecular weight excluding hydrogens is 329 g/mol. The Hall–Kier alpha value is -2.84. The predicted molar refractivity (Wildman–Crippen MR) is 77.7 cm³/mol. The summed E-state index contributed by atoms with van der Waals surface area (Å²) in [4.78, 5) is 27.0. The Morgan fingerprint density at radius 1 is 1.38 bits per heavy atom. The lowest BCUT2D eigenvalue weighted by Crippen LogP contribution is -2.40. The molecule has 2 aromatic rings. The molecule has 1 aromatic carbocycles. The molecule has 6 nitrogen and oxygen atoms in total. The van der Waals surface area contributed by atoms with Crippen LogP contribution in [0.25, 0.3) is 17.2 Å². The van der Waals surface area contributed by atoms with Crippen molar-refractivity contribution in [1.29, 1.82) is 0 Å². The molecule has 0 unspecified atom stereocenters. The van der Waals surface area contributed by atoms with Crippen LogP contribution in [0, 0.1) is 0 Å². The van der Waals surface area contributed by atoms with E-state index in [-0.39, 0.29) is 5.89 Å². The zero-order valence-electron chi connectivity index (χ0n) is 12.5. The highest BCUT2D eigenvalue weighted by molar-refractivity contribution is 5.90. The van der Waals surface area contributed by atoms with Crippen LogP contribution in [0.4, 0.5) is 13.2 Å². The normalized spacial score (nSPS) is 13.2. The molecule has 9 heteroatoms. The summed E-state index contributed by atoms with van der Waals surface area (Å²) in [6.07, 6.45) is -3.69. The van der Waals surface area contributed by atoms with Gasteiger partial charge in [-0.05, 0) is 19.1 Å². The first-order chi connectivity index (χ1) is 11.2. The Morgan fingerprint density at radius 3 is 2.75 bits per heavy atom. The number of hydrogen-bond acceptors (Lipinski definition) is 5. The molecule has 1 N–H and O–H groups in total. The van der Waals surface area contributed by atoms with Crippen LogP contribution in [0.15, 0.2) is 34.8 Å². The molecule has 0 radical (unpaired) electrons. The van der Waals surface area contributed by atoms with E-state index in [4.69, 9.17) is 9.15 Å². The number of alkyl halides is 3. The lowest BCUT2D eigenvalue weighted by molar-refractivity contribution is -0.154. The van der Waals surface area contributed by atoms with Gasteiger partial charge in [-0.15, -0.1) is 0 Å². The molecule has 1 atom stereocenters. The number of fused-ring (bicyclic) bond motifs is 1. The number of esters is 1. The van der Waals surface area contributed by atoms with E-state index in [1.54, 1.807) is 29.6 Å². The summed E-state index contributed by atoms with van der Waals surface area (Å²) in [6.45, 7) is -0.330. The number of carbonyl (C=O) groups excluding carboxylic acids is 2. The number of hydrogen-bond donors (Lipinski definition) is 1. The van der Waals surface area contributed by atoms with E-state index in [0.717, 1.165) is 13.0 Å². The van der Waals surface area contributed by atoms with Crippen LogP contribution in [-0.2, 0) is 14.3 Å².